The summed E-state index contributed by atoms with van der Waals surface area (Å²) in [7, 11) is 1.66. The summed E-state index contributed by atoms with van der Waals surface area (Å²) >= 11 is 0. The number of ether oxygens (including phenoxy) is 2. The summed E-state index contributed by atoms with van der Waals surface area (Å²) in [5.41, 5.74) is 0.815. The number of likely N-dealkylation sites (N-methyl/N-ethyl adjacent to an activating group) is 1. The summed E-state index contributed by atoms with van der Waals surface area (Å²) < 4.78 is 13.4. The van der Waals surface area contributed by atoms with Crippen molar-refractivity contribution in [3.63, 3.8) is 0 Å². The number of carbonyl (C=O) groups excluding carboxylic acids is 2. The number of aromatic nitrogens is 3. The Morgan fingerprint density at radius 1 is 1.36 bits per heavy atom. The van der Waals surface area contributed by atoms with Gasteiger partial charge in [0, 0.05) is 32.5 Å². The topological polar surface area (TPSA) is 110 Å². The van der Waals surface area contributed by atoms with Crippen molar-refractivity contribution in [2.45, 2.75) is 52.0 Å². The minimum atomic E-state index is -0.494. The lowest BCUT2D eigenvalue weighted by atomic mass is 10.0. The molecule has 180 valence electrons. The Hall–Kier alpha value is -2.98. The molecule has 0 saturated heterocycles. The van der Waals surface area contributed by atoms with E-state index in [9.17, 15) is 14.7 Å². The first-order valence-electron chi connectivity index (χ1n) is 11.3. The summed E-state index contributed by atoms with van der Waals surface area (Å²) in [6.45, 7) is 5.19. The fourth-order valence-electron chi connectivity index (χ4n) is 3.76. The van der Waals surface area contributed by atoms with Gasteiger partial charge >= 0.3 is 6.09 Å². The zero-order valence-corrected chi connectivity index (χ0v) is 19.5. The third-order valence-electron chi connectivity index (χ3n) is 5.85. The molecule has 0 unspecified atom stereocenters. The van der Waals surface area contributed by atoms with Gasteiger partial charge < -0.3 is 24.4 Å². The number of carbonyl (C=O) groups is 2. The molecule has 2 heterocycles. The number of aliphatic hydroxyl groups excluding tert-OH is 1. The van der Waals surface area contributed by atoms with Crippen LogP contribution in [0.25, 0.3) is 0 Å². The van der Waals surface area contributed by atoms with Gasteiger partial charge in [0.1, 0.15) is 5.75 Å². The molecule has 1 aromatic carbocycles. The first-order chi connectivity index (χ1) is 15.9. The van der Waals surface area contributed by atoms with Crippen molar-refractivity contribution in [3.8, 4) is 5.75 Å². The summed E-state index contributed by atoms with van der Waals surface area (Å²) in [5.74, 6) is 0.324. The SMILES string of the molecule is C[C@@H]1CN([C@@H](C)CO)C(=O)CCCn2nncc2CO[C@H]1CN(C)C(=O)Oc1ccccc1. The molecule has 1 aromatic heterocycles. The molecule has 10 nitrogen and oxygen atoms in total. The van der Waals surface area contributed by atoms with E-state index in [2.05, 4.69) is 10.3 Å². The van der Waals surface area contributed by atoms with E-state index in [1.807, 2.05) is 19.9 Å². The van der Waals surface area contributed by atoms with E-state index >= 15 is 0 Å². The Labute approximate surface area is 194 Å². The van der Waals surface area contributed by atoms with E-state index in [1.165, 1.54) is 4.90 Å². The van der Waals surface area contributed by atoms with Crippen molar-refractivity contribution in [2.24, 2.45) is 5.92 Å². The number of hydrogen-bond acceptors (Lipinski definition) is 7. The summed E-state index contributed by atoms with van der Waals surface area (Å²) in [5, 5.41) is 17.8. The monoisotopic (exact) mass is 459 g/mol. The van der Waals surface area contributed by atoms with Gasteiger partial charge in [0.15, 0.2) is 0 Å². The molecule has 0 bridgehead atoms. The smallest absolute Gasteiger partial charge is 0.410 e. The Bertz CT molecular complexity index is 906. The van der Waals surface area contributed by atoms with Crippen LogP contribution in [0, 0.1) is 5.92 Å². The molecule has 1 aliphatic rings. The number of nitrogens with zero attached hydrogens (tertiary/aromatic N) is 5. The number of benzene rings is 1. The van der Waals surface area contributed by atoms with Gasteiger partial charge in [0.25, 0.3) is 0 Å². The Balaban J connectivity index is 1.76. The van der Waals surface area contributed by atoms with Crippen molar-refractivity contribution >= 4 is 12.0 Å². The van der Waals surface area contributed by atoms with E-state index in [0.29, 0.717) is 31.7 Å². The minimum absolute atomic E-state index is 0.0266. The Morgan fingerprint density at radius 3 is 2.85 bits per heavy atom. The van der Waals surface area contributed by atoms with E-state index in [1.54, 1.807) is 47.1 Å². The average molecular weight is 460 g/mol. The maximum Gasteiger partial charge on any atom is 0.415 e. The molecular weight excluding hydrogens is 426 g/mol. The molecule has 0 aliphatic carbocycles. The van der Waals surface area contributed by atoms with Crippen LogP contribution in [0.2, 0.25) is 0 Å². The van der Waals surface area contributed by atoms with Crippen molar-refractivity contribution in [2.75, 3.05) is 26.7 Å². The summed E-state index contributed by atoms with van der Waals surface area (Å²) in [4.78, 5) is 28.7. The molecule has 1 N–H and O–H groups in total. The summed E-state index contributed by atoms with van der Waals surface area (Å²) in [6.07, 6.45) is 1.75. The normalized spacial score (nSPS) is 20.8. The second kappa shape index (κ2) is 11.8. The number of rotatable bonds is 5. The predicted molar refractivity (Wildman–Crippen MR) is 120 cm³/mol. The molecule has 0 radical (unpaired) electrons. The number of aliphatic hydroxyl groups is 1. The molecule has 0 spiro atoms. The highest BCUT2D eigenvalue weighted by atomic mass is 16.6. The van der Waals surface area contributed by atoms with Crippen LogP contribution < -0.4 is 4.74 Å². The lowest BCUT2D eigenvalue weighted by Gasteiger charge is -2.35. The highest BCUT2D eigenvalue weighted by Gasteiger charge is 2.29. The molecule has 3 rings (SSSR count). The van der Waals surface area contributed by atoms with Gasteiger partial charge in [-0.3, -0.25) is 4.79 Å². The highest BCUT2D eigenvalue weighted by molar-refractivity contribution is 5.76. The average Bonchev–Trinajstić information content (AvgIpc) is 3.26. The maximum absolute atomic E-state index is 12.9. The van der Waals surface area contributed by atoms with E-state index in [-0.39, 0.29) is 43.7 Å². The largest absolute Gasteiger partial charge is 0.415 e. The van der Waals surface area contributed by atoms with Gasteiger partial charge in [-0.15, -0.1) is 5.10 Å². The van der Waals surface area contributed by atoms with Gasteiger partial charge in [0.05, 0.1) is 43.8 Å². The third-order valence-corrected chi connectivity index (χ3v) is 5.85. The number of hydrogen-bond donors (Lipinski definition) is 1. The fraction of sp³-hybridized carbons (Fsp3) is 0.565. The number of aryl methyl sites for hydroxylation is 1. The second-order valence-corrected chi connectivity index (χ2v) is 8.52. The van der Waals surface area contributed by atoms with E-state index < -0.39 is 6.09 Å². The molecule has 0 saturated carbocycles. The number of para-hydroxylation sites is 1. The predicted octanol–water partition coefficient (Wildman–Crippen LogP) is 1.93. The van der Waals surface area contributed by atoms with Crippen molar-refractivity contribution in [1.29, 1.82) is 0 Å². The van der Waals surface area contributed by atoms with Crippen molar-refractivity contribution < 1.29 is 24.2 Å². The van der Waals surface area contributed by atoms with Crippen LogP contribution in [0.5, 0.6) is 5.75 Å². The van der Waals surface area contributed by atoms with E-state index in [0.717, 1.165) is 5.69 Å². The second-order valence-electron chi connectivity index (χ2n) is 8.52. The van der Waals surface area contributed by atoms with Crippen LogP contribution >= 0.6 is 0 Å². The molecule has 10 heteroatoms. The minimum Gasteiger partial charge on any atom is -0.410 e. The van der Waals surface area contributed by atoms with Crippen LogP contribution in [0.1, 0.15) is 32.4 Å². The van der Waals surface area contributed by atoms with Gasteiger partial charge in [-0.2, -0.15) is 0 Å². The molecule has 3 atom stereocenters. The highest BCUT2D eigenvalue weighted by Crippen LogP contribution is 2.19. The van der Waals surface area contributed by atoms with Gasteiger partial charge in [-0.05, 0) is 25.5 Å². The summed E-state index contributed by atoms with van der Waals surface area (Å²) in [6, 6.07) is 8.56. The Kier molecular flexibility index (Phi) is 8.79. The first-order valence-corrected chi connectivity index (χ1v) is 11.3. The van der Waals surface area contributed by atoms with E-state index in [4.69, 9.17) is 9.47 Å². The number of amides is 2. The zero-order chi connectivity index (χ0) is 23.8. The molecule has 2 amide bonds. The standard InChI is InChI=1S/C23H33N5O5/c1-17-13-27(18(2)15-29)22(30)10-7-11-28-19(12-24-25-28)16-32-21(17)14-26(3)23(31)33-20-8-5-4-6-9-20/h4-6,8-9,12,17-18,21,29H,7,10-11,13-16H2,1-3H3/t17-,18+,21+/m1/s1. The van der Waals surface area contributed by atoms with Gasteiger partial charge in [-0.1, -0.05) is 30.3 Å². The van der Waals surface area contributed by atoms with Crippen LogP contribution in [0.15, 0.2) is 36.5 Å². The van der Waals surface area contributed by atoms with Crippen molar-refractivity contribution in [3.05, 3.63) is 42.2 Å². The quantitative estimate of drug-likeness (QED) is 0.727. The molecular formula is C23H33N5O5. The van der Waals surface area contributed by atoms with Crippen molar-refractivity contribution in [1.82, 2.24) is 24.8 Å². The van der Waals surface area contributed by atoms with Gasteiger partial charge in [0.2, 0.25) is 5.91 Å². The van der Waals surface area contributed by atoms with Gasteiger partial charge in [-0.25, -0.2) is 9.48 Å². The fourth-order valence-corrected chi connectivity index (χ4v) is 3.76. The molecule has 0 fully saturated rings. The third kappa shape index (κ3) is 6.75. The maximum atomic E-state index is 12.9. The zero-order valence-electron chi connectivity index (χ0n) is 19.5. The molecule has 2 aromatic rings. The molecule has 33 heavy (non-hydrogen) atoms. The van der Waals surface area contributed by atoms with Crippen LogP contribution in [-0.2, 0) is 22.7 Å². The number of fused-ring (bicyclic) bond motifs is 1. The first kappa shape index (κ1) is 24.7. The lowest BCUT2D eigenvalue weighted by Crippen LogP contribution is -2.48. The lowest BCUT2D eigenvalue weighted by molar-refractivity contribution is -0.136. The van der Waals surface area contributed by atoms with Crippen LogP contribution in [-0.4, -0.2) is 80.8 Å². The van der Waals surface area contributed by atoms with Crippen LogP contribution in [0.4, 0.5) is 4.79 Å². The molecule has 1 aliphatic heterocycles. The van der Waals surface area contributed by atoms with Crippen LogP contribution in [0.3, 0.4) is 0 Å². The Morgan fingerprint density at radius 2 is 2.12 bits per heavy atom.